The molecule has 0 atom stereocenters. The number of hydrogen-bond acceptors (Lipinski definition) is 3. The Morgan fingerprint density at radius 3 is 2.82 bits per heavy atom. The molecule has 0 aromatic carbocycles. The van der Waals surface area contributed by atoms with Crippen molar-refractivity contribution < 1.29 is 4.42 Å². The molecule has 0 aliphatic carbocycles. The molecule has 4 nitrogen and oxygen atoms in total. The van der Waals surface area contributed by atoms with Crippen molar-refractivity contribution >= 4 is 0 Å². The van der Waals surface area contributed by atoms with Gasteiger partial charge in [-0.1, -0.05) is 0 Å². The largest absolute Gasteiger partial charge is 0.464 e. The zero-order valence-electron chi connectivity index (χ0n) is 9.73. The highest BCUT2D eigenvalue weighted by atomic mass is 16.3. The fourth-order valence-corrected chi connectivity index (χ4v) is 1.88. The molecule has 0 N–H and O–H groups in total. The van der Waals surface area contributed by atoms with Gasteiger partial charge in [-0.2, -0.15) is 5.26 Å². The number of nitriles is 1. The maximum Gasteiger partial charge on any atom is 0.269 e. The zero-order chi connectivity index (χ0) is 12.4. The van der Waals surface area contributed by atoms with Gasteiger partial charge in [-0.05, 0) is 31.5 Å². The van der Waals surface area contributed by atoms with E-state index in [2.05, 4.69) is 0 Å². The van der Waals surface area contributed by atoms with E-state index in [1.54, 1.807) is 18.3 Å². The van der Waals surface area contributed by atoms with Crippen LogP contribution in [0, 0.1) is 18.3 Å². The SMILES string of the molecule is CCn1cc(C)c(-c2ccco2)c(C#N)c1=O. The first-order valence-electron chi connectivity index (χ1n) is 5.37. The molecule has 2 heterocycles. The lowest BCUT2D eigenvalue weighted by Gasteiger charge is -2.09. The first kappa shape index (κ1) is 11.2. The van der Waals surface area contributed by atoms with E-state index in [4.69, 9.17) is 9.68 Å². The van der Waals surface area contributed by atoms with Crippen molar-refractivity contribution in [2.75, 3.05) is 0 Å². The first-order chi connectivity index (χ1) is 8.19. The van der Waals surface area contributed by atoms with Crippen LogP contribution in [-0.4, -0.2) is 4.57 Å². The van der Waals surface area contributed by atoms with Gasteiger partial charge in [-0.25, -0.2) is 0 Å². The maximum absolute atomic E-state index is 12.0. The average Bonchev–Trinajstić information content (AvgIpc) is 2.84. The van der Waals surface area contributed by atoms with Crippen molar-refractivity contribution in [3.8, 4) is 17.4 Å². The summed E-state index contributed by atoms with van der Waals surface area (Å²) in [7, 11) is 0. The van der Waals surface area contributed by atoms with Gasteiger partial charge in [0.1, 0.15) is 17.4 Å². The standard InChI is InChI=1S/C13H12N2O2/c1-3-15-8-9(2)12(10(7-14)13(15)16)11-5-4-6-17-11/h4-6,8H,3H2,1-2H3. The first-order valence-corrected chi connectivity index (χ1v) is 5.37. The Morgan fingerprint density at radius 1 is 1.53 bits per heavy atom. The van der Waals surface area contributed by atoms with Crippen LogP contribution in [-0.2, 0) is 6.54 Å². The summed E-state index contributed by atoms with van der Waals surface area (Å²) < 4.78 is 6.80. The van der Waals surface area contributed by atoms with Crippen molar-refractivity contribution in [1.82, 2.24) is 4.57 Å². The second-order valence-corrected chi connectivity index (χ2v) is 3.74. The van der Waals surface area contributed by atoms with Crippen molar-refractivity contribution in [2.45, 2.75) is 20.4 Å². The summed E-state index contributed by atoms with van der Waals surface area (Å²) in [6.45, 7) is 4.28. The topological polar surface area (TPSA) is 58.9 Å². The molecular weight excluding hydrogens is 216 g/mol. The van der Waals surface area contributed by atoms with Crippen molar-refractivity contribution in [3.63, 3.8) is 0 Å². The lowest BCUT2D eigenvalue weighted by Crippen LogP contribution is -2.23. The molecule has 0 aliphatic heterocycles. The van der Waals surface area contributed by atoms with Gasteiger partial charge in [-0.15, -0.1) is 0 Å². The Bertz CT molecular complexity index is 631. The Kier molecular flexibility index (Phi) is 2.84. The highest BCUT2D eigenvalue weighted by molar-refractivity contribution is 5.68. The lowest BCUT2D eigenvalue weighted by molar-refractivity contribution is 0.580. The number of rotatable bonds is 2. The second kappa shape index (κ2) is 4.30. The monoisotopic (exact) mass is 228 g/mol. The molecule has 0 bridgehead atoms. The van der Waals surface area contributed by atoms with E-state index in [9.17, 15) is 4.79 Å². The summed E-state index contributed by atoms with van der Waals surface area (Å²) in [4.78, 5) is 12.0. The molecule has 86 valence electrons. The Labute approximate surface area is 98.7 Å². The van der Waals surface area contributed by atoms with Crippen molar-refractivity contribution in [1.29, 1.82) is 5.26 Å². The number of pyridine rings is 1. The number of hydrogen-bond donors (Lipinski definition) is 0. The molecule has 2 rings (SSSR count). The van der Waals surface area contributed by atoms with Crippen LogP contribution in [0.1, 0.15) is 18.1 Å². The molecule has 0 saturated carbocycles. The maximum atomic E-state index is 12.0. The van der Waals surface area contributed by atoms with Crippen molar-refractivity contribution in [3.05, 3.63) is 46.1 Å². The van der Waals surface area contributed by atoms with E-state index in [0.29, 0.717) is 17.9 Å². The smallest absolute Gasteiger partial charge is 0.269 e. The van der Waals surface area contributed by atoms with Crippen LogP contribution in [0.4, 0.5) is 0 Å². The molecule has 0 saturated heterocycles. The van der Waals surface area contributed by atoms with E-state index < -0.39 is 0 Å². The third-order valence-corrected chi connectivity index (χ3v) is 2.69. The van der Waals surface area contributed by atoms with Gasteiger partial charge in [-0.3, -0.25) is 4.79 Å². The second-order valence-electron chi connectivity index (χ2n) is 3.74. The Balaban J connectivity index is 2.82. The van der Waals surface area contributed by atoms with E-state index in [1.807, 2.05) is 19.9 Å². The molecule has 2 aromatic rings. The highest BCUT2D eigenvalue weighted by Gasteiger charge is 2.16. The minimum atomic E-state index is -0.271. The van der Waals surface area contributed by atoms with Crippen molar-refractivity contribution in [2.24, 2.45) is 0 Å². The average molecular weight is 228 g/mol. The summed E-state index contributed by atoms with van der Waals surface area (Å²) in [6, 6.07) is 5.46. The van der Waals surface area contributed by atoms with Gasteiger partial charge in [0.15, 0.2) is 0 Å². The Morgan fingerprint density at radius 2 is 2.29 bits per heavy atom. The van der Waals surface area contributed by atoms with Crippen LogP contribution in [0.5, 0.6) is 0 Å². The molecule has 0 unspecified atom stereocenters. The predicted molar refractivity (Wildman–Crippen MR) is 63.5 cm³/mol. The quantitative estimate of drug-likeness (QED) is 0.792. The van der Waals surface area contributed by atoms with Crippen LogP contribution >= 0.6 is 0 Å². The van der Waals surface area contributed by atoms with E-state index >= 15 is 0 Å². The molecule has 17 heavy (non-hydrogen) atoms. The van der Waals surface area contributed by atoms with Crippen LogP contribution in [0.3, 0.4) is 0 Å². The zero-order valence-corrected chi connectivity index (χ0v) is 9.73. The third-order valence-electron chi connectivity index (χ3n) is 2.69. The van der Waals surface area contributed by atoms with E-state index in [-0.39, 0.29) is 11.1 Å². The van der Waals surface area contributed by atoms with Gasteiger partial charge in [0.2, 0.25) is 0 Å². The normalized spacial score (nSPS) is 10.2. The number of aromatic nitrogens is 1. The lowest BCUT2D eigenvalue weighted by atomic mass is 10.0. The minimum Gasteiger partial charge on any atom is -0.464 e. The summed E-state index contributed by atoms with van der Waals surface area (Å²) in [5.74, 6) is 0.555. The predicted octanol–water partition coefficient (Wildman–Crippen LogP) is 2.31. The van der Waals surface area contributed by atoms with Crippen LogP contribution in [0.15, 0.2) is 33.8 Å². The fourth-order valence-electron chi connectivity index (χ4n) is 1.88. The van der Waals surface area contributed by atoms with Gasteiger partial charge in [0.05, 0.1) is 6.26 Å². The summed E-state index contributed by atoms with van der Waals surface area (Å²) in [6.07, 6.45) is 3.28. The van der Waals surface area contributed by atoms with E-state index in [0.717, 1.165) is 5.56 Å². The highest BCUT2D eigenvalue weighted by Crippen LogP contribution is 2.25. The minimum absolute atomic E-state index is 0.141. The molecule has 4 heteroatoms. The molecule has 0 radical (unpaired) electrons. The molecule has 2 aromatic heterocycles. The molecule has 0 fully saturated rings. The van der Waals surface area contributed by atoms with Crippen LogP contribution in [0.2, 0.25) is 0 Å². The van der Waals surface area contributed by atoms with Gasteiger partial charge in [0, 0.05) is 18.3 Å². The van der Waals surface area contributed by atoms with Crippen LogP contribution in [0.25, 0.3) is 11.3 Å². The summed E-state index contributed by atoms with van der Waals surface area (Å²) in [5, 5.41) is 9.14. The van der Waals surface area contributed by atoms with Gasteiger partial charge >= 0.3 is 0 Å². The third kappa shape index (κ3) is 1.76. The van der Waals surface area contributed by atoms with Crippen LogP contribution < -0.4 is 5.56 Å². The van der Waals surface area contributed by atoms with Gasteiger partial charge in [0.25, 0.3) is 5.56 Å². The fraction of sp³-hybridized carbons (Fsp3) is 0.231. The molecule has 0 aliphatic rings. The molecular formula is C13H12N2O2. The molecule has 0 amide bonds. The number of aryl methyl sites for hydroxylation is 2. The molecule has 0 spiro atoms. The number of nitrogens with zero attached hydrogens (tertiary/aromatic N) is 2. The summed E-state index contributed by atoms with van der Waals surface area (Å²) in [5.41, 5.74) is 1.32. The number of furan rings is 1. The van der Waals surface area contributed by atoms with Gasteiger partial charge < -0.3 is 8.98 Å². The van der Waals surface area contributed by atoms with E-state index in [1.165, 1.54) is 10.8 Å². The summed E-state index contributed by atoms with van der Waals surface area (Å²) >= 11 is 0. The Hall–Kier alpha value is -2.28.